The van der Waals surface area contributed by atoms with E-state index >= 15 is 0 Å². The molecule has 3 N–H and O–H groups in total. The number of ether oxygens (including phenoxy) is 1. The topological polar surface area (TPSA) is 135 Å². The van der Waals surface area contributed by atoms with Crippen LogP contribution >= 0.6 is 12.4 Å². The third-order valence-corrected chi connectivity index (χ3v) is 8.33. The summed E-state index contributed by atoms with van der Waals surface area (Å²) < 4.78 is 30.0. The number of benzene rings is 1. The van der Waals surface area contributed by atoms with Crippen LogP contribution in [0.3, 0.4) is 0 Å². The number of nitrogens with one attached hydrogen (secondary N) is 2. The van der Waals surface area contributed by atoms with Gasteiger partial charge < -0.3 is 10.1 Å². The second-order valence-corrected chi connectivity index (χ2v) is 10.3. The van der Waals surface area contributed by atoms with Crippen molar-refractivity contribution in [3.05, 3.63) is 48.2 Å². The second kappa shape index (κ2) is 12.3. The van der Waals surface area contributed by atoms with Crippen LogP contribution in [0.15, 0.2) is 47.5 Å². The monoisotopic (exact) mass is 511 g/mol. The summed E-state index contributed by atoms with van der Waals surface area (Å²) in [7, 11) is -4.12. The lowest BCUT2D eigenvalue weighted by molar-refractivity contribution is -0.134. The number of aromatic nitrogens is 1. The van der Waals surface area contributed by atoms with Crippen LogP contribution in [0.25, 0.3) is 11.3 Å². The molecule has 1 aliphatic rings. The SMILES string of the molecule is CCCCNC(=O)Cc1ccc(-c2ccc(S(=O)(=O)C3(C(=O)NO)CCOCC3)cn2)cc1.Cl. The Hall–Kier alpha value is -2.53. The van der Waals surface area contributed by atoms with E-state index in [0.29, 0.717) is 12.2 Å². The molecule has 1 aromatic carbocycles. The molecule has 1 fully saturated rings. The number of amides is 2. The number of pyridine rings is 1. The third kappa shape index (κ3) is 5.93. The Labute approximate surface area is 205 Å². The zero-order valence-electron chi connectivity index (χ0n) is 19.0. The fourth-order valence-electron chi connectivity index (χ4n) is 3.80. The summed E-state index contributed by atoms with van der Waals surface area (Å²) in [5.74, 6) is -0.998. The number of rotatable bonds is 9. The van der Waals surface area contributed by atoms with Crippen molar-refractivity contribution in [2.24, 2.45) is 0 Å². The summed E-state index contributed by atoms with van der Waals surface area (Å²) in [5, 5.41) is 12.0. The molecule has 0 saturated carbocycles. The average molecular weight is 512 g/mol. The zero-order chi connectivity index (χ0) is 23.9. The average Bonchev–Trinajstić information content (AvgIpc) is 2.84. The lowest BCUT2D eigenvalue weighted by Crippen LogP contribution is -2.54. The van der Waals surface area contributed by atoms with Gasteiger partial charge in [-0.15, -0.1) is 12.4 Å². The Balaban J connectivity index is 0.00000408. The molecule has 2 aromatic rings. The number of halogens is 1. The van der Waals surface area contributed by atoms with Gasteiger partial charge in [0.25, 0.3) is 5.91 Å². The molecule has 34 heavy (non-hydrogen) atoms. The minimum absolute atomic E-state index is 0. The minimum Gasteiger partial charge on any atom is -0.381 e. The first-order chi connectivity index (χ1) is 15.8. The van der Waals surface area contributed by atoms with Crippen LogP contribution in [0, 0.1) is 0 Å². The third-order valence-electron chi connectivity index (χ3n) is 5.84. The molecule has 1 aliphatic heterocycles. The smallest absolute Gasteiger partial charge is 0.265 e. The molecule has 0 aliphatic carbocycles. The number of nitrogens with zero attached hydrogens (tertiary/aromatic N) is 1. The van der Waals surface area contributed by atoms with Gasteiger partial charge in [0.1, 0.15) is 0 Å². The van der Waals surface area contributed by atoms with Crippen LogP contribution in [-0.2, 0) is 30.6 Å². The molecule has 186 valence electrons. The summed E-state index contributed by atoms with van der Waals surface area (Å²) in [6.07, 6.45) is 3.36. The van der Waals surface area contributed by atoms with E-state index in [2.05, 4.69) is 17.2 Å². The fraction of sp³-hybridized carbons (Fsp3) is 0.435. The lowest BCUT2D eigenvalue weighted by Gasteiger charge is -2.34. The Morgan fingerprint density at radius 3 is 2.35 bits per heavy atom. The highest BCUT2D eigenvalue weighted by Gasteiger charge is 2.52. The molecule has 3 rings (SSSR count). The molecule has 0 bridgehead atoms. The molecule has 1 aromatic heterocycles. The van der Waals surface area contributed by atoms with Crippen molar-refractivity contribution >= 4 is 34.1 Å². The zero-order valence-corrected chi connectivity index (χ0v) is 20.6. The van der Waals surface area contributed by atoms with Crippen molar-refractivity contribution < 1.29 is 28.0 Å². The summed E-state index contributed by atoms with van der Waals surface area (Å²) in [6, 6.07) is 10.3. The largest absolute Gasteiger partial charge is 0.381 e. The van der Waals surface area contributed by atoms with E-state index in [-0.39, 0.29) is 55.7 Å². The number of hydrogen-bond acceptors (Lipinski definition) is 7. The fourth-order valence-corrected chi connectivity index (χ4v) is 5.69. The summed E-state index contributed by atoms with van der Waals surface area (Å²) in [4.78, 5) is 28.5. The molecule has 0 atom stereocenters. The first-order valence-electron chi connectivity index (χ1n) is 10.9. The van der Waals surface area contributed by atoms with E-state index in [4.69, 9.17) is 9.94 Å². The maximum absolute atomic E-state index is 13.3. The van der Waals surface area contributed by atoms with Crippen molar-refractivity contribution in [2.75, 3.05) is 19.8 Å². The van der Waals surface area contributed by atoms with E-state index in [1.807, 2.05) is 24.3 Å². The van der Waals surface area contributed by atoms with Crippen molar-refractivity contribution in [1.29, 1.82) is 0 Å². The van der Waals surface area contributed by atoms with E-state index in [1.165, 1.54) is 17.7 Å². The van der Waals surface area contributed by atoms with Gasteiger partial charge in [0, 0.05) is 31.5 Å². The standard InChI is InChI=1S/C23H29N3O6S.ClH/c1-2-3-12-24-21(27)15-17-4-6-18(7-5-17)20-9-8-19(16-25-20)33(30,31)23(22(28)26-29)10-13-32-14-11-23;/h4-9,16,29H,2-3,10-15H2,1H3,(H,24,27)(H,26,28);1H. The highest BCUT2D eigenvalue weighted by Crippen LogP contribution is 2.35. The van der Waals surface area contributed by atoms with Gasteiger partial charge in [-0.2, -0.15) is 0 Å². The predicted molar refractivity (Wildman–Crippen MR) is 128 cm³/mol. The molecule has 9 nitrogen and oxygen atoms in total. The molecule has 2 heterocycles. The van der Waals surface area contributed by atoms with Gasteiger partial charge in [-0.25, -0.2) is 13.9 Å². The van der Waals surface area contributed by atoms with Gasteiger partial charge in [0.2, 0.25) is 5.91 Å². The predicted octanol–water partition coefficient (Wildman–Crippen LogP) is 2.46. The van der Waals surface area contributed by atoms with Gasteiger partial charge in [0.05, 0.1) is 17.0 Å². The number of unbranched alkanes of at least 4 members (excludes halogenated alkanes) is 1. The summed E-state index contributed by atoms with van der Waals surface area (Å²) in [6.45, 7) is 2.93. The number of carbonyl (C=O) groups is 2. The van der Waals surface area contributed by atoms with Crippen molar-refractivity contribution in [1.82, 2.24) is 15.8 Å². The van der Waals surface area contributed by atoms with Crippen LogP contribution in [-0.4, -0.2) is 54.9 Å². The van der Waals surface area contributed by atoms with Crippen molar-refractivity contribution in [3.8, 4) is 11.3 Å². The number of carbonyl (C=O) groups excluding carboxylic acids is 2. The Morgan fingerprint density at radius 1 is 1.12 bits per heavy atom. The van der Waals surface area contributed by atoms with Crippen LogP contribution < -0.4 is 10.8 Å². The van der Waals surface area contributed by atoms with Gasteiger partial charge >= 0.3 is 0 Å². The lowest BCUT2D eigenvalue weighted by atomic mass is 9.98. The normalized spacial score (nSPS) is 15.1. The van der Waals surface area contributed by atoms with Gasteiger partial charge in [-0.1, -0.05) is 37.6 Å². The first-order valence-corrected chi connectivity index (χ1v) is 12.4. The highest BCUT2D eigenvalue weighted by atomic mass is 35.5. The summed E-state index contributed by atoms with van der Waals surface area (Å²) >= 11 is 0. The van der Waals surface area contributed by atoms with Crippen molar-refractivity contribution in [3.63, 3.8) is 0 Å². The molecule has 0 unspecified atom stereocenters. The second-order valence-electron chi connectivity index (χ2n) is 8.01. The Bertz CT molecular complexity index is 1070. The van der Waals surface area contributed by atoms with Gasteiger partial charge in [-0.05, 0) is 37.0 Å². The highest BCUT2D eigenvalue weighted by molar-refractivity contribution is 7.93. The maximum atomic E-state index is 13.3. The number of sulfone groups is 1. The van der Waals surface area contributed by atoms with Crippen molar-refractivity contribution in [2.45, 2.75) is 48.7 Å². The minimum atomic E-state index is -4.12. The van der Waals surface area contributed by atoms with Crippen LogP contribution in [0.2, 0.25) is 0 Å². The van der Waals surface area contributed by atoms with E-state index in [0.717, 1.165) is 24.0 Å². The van der Waals surface area contributed by atoms with Crippen LogP contribution in [0.4, 0.5) is 0 Å². The summed E-state index contributed by atoms with van der Waals surface area (Å²) in [5.41, 5.74) is 3.69. The van der Waals surface area contributed by atoms with Crippen LogP contribution in [0.1, 0.15) is 38.2 Å². The molecule has 0 radical (unpaired) electrons. The molecular formula is C23H30ClN3O6S. The van der Waals surface area contributed by atoms with Gasteiger partial charge in [0.15, 0.2) is 14.6 Å². The molecule has 2 amide bonds. The van der Waals surface area contributed by atoms with E-state index < -0.39 is 20.5 Å². The molecule has 0 spiro atoms. The van der Waals surface area contributed by atoms with Gasteiger partial charge in [-0.3, -0.25) is 19.8 Å². The van der Waals surface area contributed by atoms with E-state index in [1.54, 1.807) is 6.07 Å². The number of hydrogen-bond donors (Lipinski definition) is 3. The molecule has 1 saturated heterocycles. The quantitative estimate of drug-likeness (QED) is 0.267. The van der Waals surface area contributed by atoms with E-state index in [9.17, 15) is 18.0 Å². The first kappa shape index (κ1) is 27.7. The Kier molecular flexibility index (Phi) is 9.99. The Morgan fingerprint density at radius 2 is 1.79 bits per heavy atom. The number of hydroxylamine groups is 1. The molecular weight excluding hydrogens is 482 g/mol. The van der Waals surface area contributed by atoms with Crippen LogP contribution in [0.5, 0.6) is 0 Å². The maximum Gasteiger partial charge on any atom is 0.265 e. The molecule has 11 heteroatoms.